The Bertz CT molecular complexity index is 987. The molecule has 2 aromatic carbocycles. The number of methoxy groups -OCH3 is 1. The van der Waals surface area contributed by atoms with Crippen molar-refractivity contribution >= 4 is 69.4 Å². The van der Waals surface area contributed by atoms with Gasteiger partial charge in [-0.2, -0.15) is 0 Å². The Morgan fingerprint density at radius 2 is 1.89 bits per heavy atom. The van der Waals surface area contributed by atoms with Gasteiger partial charge in [0.15, 0.2) is 16.6 Å². The zero-order chi connectivity index (χ0) is 20.3. The lowest BCUT2D eigenvalue weighted by Gasteiger charge is -2.17. The number of rotatable bonds is 5. The lowest BCUT2D eigenvalue weighted by molar-refractivity contribution is -0.123. The van der Waals surface area contributed by atoms with E-state index in [0.29, 0.717) is 28.7 Å². The summed E-state index contributed by atoms with van der Waals surface area (Å²) >= 11 is 12.9. The summed E-state index contributed by atoms with van der Waals surface area (Å²) in [5.74, 6) is -0.0649. The van der Waals surface area contributed by atoms with Gasteiger partial charge in [-0.1, -0.05) is 23.7 Å². The topological polar surface area (TPSA) is 76.7 Å². The molecule has 0 saturated carbocycles. The van der Waals surface area contributed by atoms with Crippen molar-refractivity contribution in [3.63, 3.8) is 0 Å². The molecule has 0 radical (unpaired) electrons. The molecular weight excluding hydrogens is 515 g/mol. The van der Waals surface area contributed by atoms with E-state index in [4.69, 9.17) is 33.3 Å². The molecule has 1 aliphatic heterocycles. The highest BCUT2D eigenvalue weighted by molar-refractivity contribution is 14.1. The lowest BCUT2D eigenvalue weighted by atomic mass is 10.1. The number of nitrogens with one attached hydrogen (secondary N) is 2. The number of halogens is 2. The first-order valence-corrected chi connectivity index (χ1v) is 9.87. The monoisotopic (exact) mass is 528 g/mol. The van der Waals surface area contributed by atoms with E-state index in [-0.39, 0.29) is 10.7 Å². The predicted molar refractivity (Wildman–Crippen MR) is 118 cm³/mol. The van der Waals surface area contributed by atoms with E-state index in [0.717, 1.165) is 9.13 Å². The highest BCUT2D eigenvalue weighted by atomic mass is 127. The van der Waals surface area contributed by atoms with Gasteiger partial charge in [0, 0.05) is 5.02 Å². The Balaban J connectivity index is 1.87. The van der Waals surface area contributed by atoms with E-state index in [1.807, 2.05) is 18.2 Å². The molecule has 3 rings (SSSR count). The average Bonchev–Trinajstić information content (AvgIpc) is 2.63. The third kappa shape index (κ3) is 4.81. The van der Waals surface area contributed by atoms with Crippen LogP contribution in [0, 0.1) is 3.57 Å². The van der Waals surface area contributed by atoms with Crippen molar-refractivity contribution in [3.05, 3.63) is 61.7 Å². The number of carbonyl (C=O) groups excluding carboxylic acids is 2. The molecule has 0 aliphatic carbocycles. The van der Waals surface area contributed by atoms with E-state index in [9.17, 15) is 9.59 Å². The maximum atomic E-state index is 12.0. The maximum absolute atomic E-state index is 12.0. The molecule has 9 heteroatoms. The summed E-state index contributed by atoms with van der Waals surface area (Å²) in [7, 11) is 1.52. The molecular formula is C19H14ClIN2O4S. The van der Waals surface area contributed by atoms with Crippen LogP contribution in [0.5, 0.6) is 11.5 Å². The first-order valence-electron chi connectivity index (χ1n) is 8.00. The lowest BCUT2D eigenvalue weighted by Crippen LogP contribution is -2.51. The Morgan fingerprint density at radius 1 is 1.18 bits per heavy atom. The molecule has 1 aliphatic rings. The molecule has 2 aromatic rings. The molecule has 1 heterocycles. The van der Waals surface area contributed by atoms with Crippen LogP contribution in [0.25, 0.3) is 6.08 Å². The van der Waals surface area contributed by atoms with Crippen molar-refractivity contribution < 1.29 is 19.1 Å². The van der Waals surface area contributed by atoms with Crippen LogP contribution in [0.2, 0.25) is 5.02 Å². The van der Waals surface area contributed by atoms with Gasteiger partial charge in [-0.3, -0.25) is 20.2 Å². The molecule has 1 saturated heterocycles. The third-order valence-electron chi connectivity index (χ3n) is 3.78. The summed E-state index contributed by atoms with van der Waals surface area (Å²) in [6.07, 6.45) is 1.47. The van der Waals surface area contributed by atoms with Gasteiger partial charge in [-0.15, -0.1) is 0 Å². The minimum absolute atomic E-state index is 0.0101. The van der Waals surface area contributed by atoms with Gasteiger partial charge < -0.3 is 9.47 Å². The first kappa shape index (κ1) is 20.6. The van der Waals surface area contributed by atoms with Crippen LogP contribution in [0.15, 0.2) is 42.0 Å². The first-order chi connectivity index (χ1) is 13.4. The number of hydrogen-bond acceptors (Lipinski definition) is 5. The van der Waals surface area contributed by atoms with Crippen molar-refractivity contribution in [2.75, 3.05) is 7.11 Å². The van der Waals surface area contributed by atoms with Gasteiger partial charge in [-0.25, -0.2) is 0 Å². The van der Waals surface area contributed by atoms with Crippen molar-refractivity contribution in [2.24, 2.45) is 0 Å². The van der Waals surface area contributed by atoms with Crippen molar-refractivity contribution in [2.45, 2.75) is 6.61 Å². The van der Waals surface area contributed by atoms with Crippen LogP contribution in [0.4, 0.5) is 0 Å². The fourth-order valence-corrected chi connectivity index (χ4v) is 3.70. The van der Waals surface area contributed by atoms with Crippen LogP contribution in [-0.2, 0) is 16.2 Å². The third-order valence-corrected chi connectivity index (χ3v) is 5.02. The molecule has 0 spiro atoms. The molecule has 2 amide bonds. The number of amides is 2. The Morgan fingerprint density at radius 3 is 2.54 bits per heavy atom. The summed E-state index contributed by atoms with van der Waals surface area (Å²) in [4.78, 5) is 24.0. The molecule has 0 bridgehead atoms. The fraction of sp³-hybridized carbons (Fsp3) is 0.105. The number of carbonyl (C=O) groups is 2. The quantitative estimate of drug-likeness (QED) is 0.269. The number of hydrogen-bond donors (Lipinski definition) is 2. The summed E-state index contributed by atoms with van der Waals surface area (Å²) in [5.41, 5.74) is 1.49. The summed E-state index contributed by atoms with van der Waals surface area (Å²) in [5, 5.41) is 5.43. The molecule has 6 nitrogen and oxygen atoms in total. The summed E-state index contributed by atoms with van der Waals surface area (Å²) in [6, 6.07) is 10.9. The van der Waals surface area contributed by atoms with Crippen LogP contribution >= 0.6 is 46.4 Å². The number of ether oxygens (including phenoxy) is 2. The molecule has 0 aromatic heterocycles. The minimum atomic E-state index is -0.552. The molecule has 144 valence electrons. The van der Waals surface area contributed by atoms with Crippen LogP contribution in [0.3, 0.4) is 0 Å². The number of benzene rings is 2. The van der Waals surface area contributed by atoms with E-state index < -0.39 is 11.8 Å². The van der Waals surface area contributed by atoms with E-state index in [1.54, 1.807) is 18.2 Å². The highest BCUT2D eigenvalue weighted by Crippen LogP contribution is 2.35. The van der Waals surface area contributed by atoms with Crippen LogP contribution in [0.1, 0.15) is 11.1 Å². The Hall–Kier alpha value is -2.17. The standard InChI is InChI=1S/C19H14ClIN2O4S/c1-26-15-8-11(6-13-17(24)22-19(28)23-18(13)25)7-14(21)16(15)27-9-10-3-2-4-12(20)5-10/h2-8H,9H2,1H3,(H2,22,23,24,25,28). The van der Waals surface area contributed by atoms with Crippen molar-refractivity contribution in [3.8, 4) is 11.5 Å². The summed E-state index contributed by atoms with van der Waals surface area (Å²) in [6.45, 7) is 0.315. The van der Waals surface area contributed by atoms with Crippen molar-refractivity contribution in [1.29, 1.82) is 0 Å². The Labute approximate surface area is 185 Å². The number of thiocarbonyl (C=S) groups is 1. The second-order valence-electron chi connectivity index (χ2n) is 5.75. The molecule has 0 unspecified atom stereocenters. The van der Waals surface area contributed by atoms with Gasteiger partial charge >= 0.3 is 0 Å². The van der Waals surface area contributed by atoms with Crippen LogP contribution < -0.4 is 20.1 Å². The van der Waals surface area contributed by atoms with Crippen LogP contribution in [-0.4, -0.2) is 24.0 Å². The van der Waals surface area contributed by atoms with E-state index in [1.165, 1.54) is 13.2 Å². The average molecular weight is 529 g/mol. The van der Waals surface area contributed by atoms with Gasteiger partial charge in [0.25, 0.3) is 11.8 Å². The largest absolute Gasteiger partial charge is 0.493 e. The molecule has 2 N–H and O–H groups in total. The summed E-state index contributed by atoms with van der Waals surface area (Å²) < 4.78 is 12.1. The molecule has 1 fully saturated rings. The van der Waals surface area contributed by atoms with E-state index in [2.05, 4.69) is 33.2 Å². The normalized spacial score (nSPS) is 13.7. The van der Waals surface area contributed by atoms with Gasteiger partial charge in [0.2, 0.25) is 0 Å². The molecule has 28 heavy (non-hydrogen) atoms. The van der Waals surface area contributed by atoms with E-state index >= 15 is 0 Å². The highest BCUT2D eigenvalue weighted by Gasteiger charge is 2.26. The zero-order valence-corrected chi connectivity index (χ0v) is 18.3. The van der Waals surface area contributed by atoms with Gasteiger partial charge in [-0.05, 0) is 76.3 Å². The molecule has 0 atom stereocenters. The smallest absolute Gasteiger partial charge is 0.263 e. The Kier molecular flexibility index (Phi) is 6.53. The second-order valence-corrected chi connectivity index (χ2v) is 7.75. The zero-order valence-electron chi connectivity index (χ0n) is 14.5. The SMILES string of the molecule is COc1cc(C=C2C(=O)NC(=S)NC2=O)cc(I)c1OCc1cccc(Cl)c1. The minimum Gasteiger partial charge on any atom is -0.493 e. The van der Waals surface area contributed by atoms with Gasteiger partial charge in [0.1, 0.15) is 12.2 Å². The van der Waals surface area contributed by atoms with Crippen molar-refractivity contribution in [1.82, 2.24) is 10.6 Å². The van der Waals surface area contributed by atoms with Gasteiger partial charge in [0.05, 0.1) is 10.7 Å². The maximum Gasteiger partial charge on any atom is 0.263 e. The predicted octanol–water partition coefficient (Wildman–Crippen LogP) is 3.45. The second kappa shape index (κ2) is 8.89. The fourth-order valence-electron chi connectivity index (χ4n) is 2.52.